The monoisotopic (exact) mass is 350 g/mol. The molecule has 1 N–H and O–H groups in total. The standard InChI is InChI=1S/C23H30N2O/c1(2-4-6-13-19-26-20-14-8-7-9-15-20)3-5-10-18-23-24-21-16-11-12-17-22(21)25-23/h7-9,11-12,14-17H,1-6,10,13,18-19H2,(H,24,25). The first kappa shape index (κ1) is 18.5. The zero-order valence-electron chi connectivity index (χ0n) is 15.6. The number of unbranched alkanes of at least 4 members (excludes halogenated alkanes) is 7. The second kappa shape index (κ2) is 10.6. The molecule has 3 nitrogen and oxygen atoms in total. The summed E-state index contributed by atoms with van der Waals surface area (Å²) in [4.78, 5) is 8.06. The van der Waals surface area contributed by atoms with Gasteiger partial charge in [-0.05, 0) is 37.1 Å². The molecule has 0 radical (unpaired) electrons. The fourth-order valence-electron chi connectivity index (χ4n) is 3.29. The minimum absolute atomic E-state index is 0.835. The minimum atomic E-state index is 0.835. The van der Waals surface area contributed by atoms with Gasteiger partial charge in [-0.2, -0.15) is 0 Å². The largest absolute Gasteiger partial charge is 0.494 e. The lowest BCUT2D eigenvalue weighted by molar-refractivity contribution is 0.304. The topological polar surface area (TPSA) is 37.9 Å². The van der Waals surface area contributed by atoms with E-state index in [0.29, 0.717) is 0 Å². The number of ether oxygens (including phenoxy) is 1. The Bertz CT molecular complexity index is 718. The van der Waals surface area contributed by atoms with Crippen molar-refractivity contribution < 1.29 is 4.74 Å². The molecule has 0 spiro atoms. The van der Waals surface area contributed by atoms with Gasteiger partial charge in [0, 0.05) is 6.42 Å². The Balaban J connectivity index is 1.15. The Morgan fingerprint density at radius 1 is 0.692 bits per heavy atom. The van der Waals surface area contributed by atoms with E-state index in [1.807, 2.05) is 36.4 Å². The van der Waals surface area contributed by atoms with E-state index in [-0.39, 0.29) is 0 Å². The number of aryl methyl sites for hydroxylation is 1. The molecule has 0 saturated carbocycles. The van der Waals surface area contributed by atoms with Crippen LogP contribution in [0.3, 0.4) is 0 Å². The maximum atomic E-state index is 5.72. The molecule has 2 aromatic carbocycles. The Morgan fingerprint density at radius 2 is 1.35 bits per heavy atom. The van der Waals surface area contributed by atoms with Gasteiger partial charge in [0.2, 0.25) is 0 Å². The number of H-pyrrole nitrogens is 1. The lowest BCUT2D eigenvalue weighted by Crippen LogP contribution is -1.96. The predicted octanol–water partition coefficient (Wildman–Crippen LogP) is 6.31. The molecule has 0 aliphatic carbocycles. The van der Waals surface area contributed by atoms with Gasteiger partial charge in [-0.25, -0.2) is 4.98 Å². The molecule has 0 aliphatic heterocycles. The van der Waals surface area contributed by atoms with Gasteiger partial charge in [0.15, 0.2) is 0 Å². The van der Waals surface area contributed by atoms with Crippen LogP contribution in [0, 0.1) is 0 Å². The maximum absolute atomic E-state index is 5.72. The van der Waals surface area contributed by atoms with Crippen molar-refractivity contribution in [2.24, 2.45) is 0 Å². The van der Waals surface area contributed by atoms with E-state index in [1.54, 1.807) is 0 Å². The summed E-state index contributed by atoms with van der Waals surface area (Å²) >= 11 is 0. The quantitative estimate of drug-likeness (QED) is 0.389. The third-order valence-electron chi connectivity index (χ3n) is 4.76. The summed E-state index contributed by atoms with van der Waals surface area (Å²) in [5.74, 6) is 2.11. The van der Waals surface area contributed by atoms with Crippen LogP contribution >= 0.6 is 0 Å². The van der Waals surface area contributed by atoms with E-state index >= 15 is 0 Å². The number of aromatic nitrogens is 2. The van der Waals surface area contributed by atoms with Crippen LogP contribution < -0.4 is 4.74 Å². The number of nitrogens with zero attached hydrogens (tertiary/aromatic N) is 1. The lowest BCUT2D eigenvalue weighted by Gasteiger charge is -2.05. The highest BCUT2D eigenvalue weighted by Gasteiger charge is 2.01. The molecule has 0 bridgehead atoms. The summed E-state index contributed by atoms with van der Waals surface area (Å²) in [5.41, 5.74) is 2.23. The molecular formula is C23H30N2O. The smallest absolute Gasteiger partial charge is 0.119 e. The number of para-hydroxylation sites is 3. The number of imidazole rings is 1. The number of benzene rings is 2. The summed E-state index contributed by atoms with van der Waals surface area (Å²) < 4.78 is 5.72. The van der Waals surface area contributed by atoms with Gasteiger partial charge in [-0.3, -0.25) is 0 Å². The van der Waals surface area contributed by atoms with Crippen LogP contribution in [0.15, 0.2) is 54.6 Å². The second-order valence-corrected chi connectivity index (χ2v) is 6.94. The predicted molar refractivity (Wildman–Crippen MR) is 109 cm³/mol. The number of fused-ring (bicyclic) bond motifs is 1. The molecule has 1 aromatic heterocycles. The highest BCUT2D eigenvalue weighted by atomic mass is 16.5. The zero-order chi connectivity index (χ0) is 17.9. The van der Waals surface area contributed by atoms with Crippen molar-refractivity contribution in [3.05, 3.63) is 60.4 Å². The van der Waals surface area contributed by atoms with E-state index in [4.69, 9.17) is 4.74 Å². The van der Waals surface area contributed by atoms with Crippen LogP contribution in [-0.4, -0.2) is 16.6 Å². The third-order valence-corrected chi connectivity index (χ3v) is 4.76. The highest BCUT2D eigenvalue weighted by Crippen LogP contribution is 2.14. The normalized spacial score (nSPS) is 11.1. The van der Waals surface area contributed by atoms with Gasteiger partial charge in [0.05, 0.1) is 17.6 Å². The molecule has 26 heavy (non-hydrogen) atoms. The van der Waals surface area contributed by atoms with Crippen LogP contribution in [0.2, 0.25) is 0 Å². The molecule has 1 heterocycles. The average Bonchev–Trinajstić information content (AvgIpc) is 3.10. The third kappa shape index (κ3) is 6.21. The van der Waals surface area contributed by atoms with E-state index < -0.39 is 0 Å². The van der Waals surface area contributed by atoms with Gasteiger partial charge < -0.3 is 9.72 Å². The Labute approximate surface area is 156 Å². The lowest BCUT2D eigenvalue weighted by atomic mass is 10.1. The minimum Gasteiger partial charge on any atom is -0.494 e. The fraction of sp³-hybridized carbons (Fsp3) is 0.435. The van der Waals surface area contributed by atoms with Crippen molar-refractivity contribution in [3.8, 4) is 5.75 Å². The molecule has 0 unspecified atom stereocenters. The SMILES string of the molecule is c1ccc(OCCCCCCCCCCc2nc3ccccc3[nH]2)cc1. The second-order valence-electron chi connectivity index (χ2n) is 6.94. The highest BCUT2D eigenvalue weighted by molar-refractivity contribution is 5.74. The fourth-order valence-corrected chi connectivity index (χ4v) is 3.29. The molecule has 0 amide bonds. The number of aromatic amines is 1. The van der Waals surface area contributed by atoms with Crippen LogP contribution in [0.1, 0.15) is 57.2 Å². The van der Waals surface area contributed by atoms with Crippen molar-refractivity contribution >= 4 is 11.0 Å². The molecule has 0 fully saturated rings. The summed E-state index contributed by atoms with van der Waals surface area (Å²) in [6, 6.07) is 18.4. The van der Waals surface area contributed by atoms with E-state index in [2.05, 4.69) is 28.2 Å². The van der Waals surface area contributed by atoms with Crippen molar-refractivity contribution in [2.75, 3.05) is 6.61 Å². The molecule has 0 aliphatic rings. The van der Waals surface area contributed by atoms with Crippen LogP contribution in [-0.2, 0) is 6.42 Å². The number of hydrogen-bond acceptors (Lipinski definition) is 2. The Morgan fingerprint density at radius 3 is 2.12 bits per heavy atom. The maximum Gasteiger partial charge on any atom is 0.119 e. The molecule has 3 aromatic rings. The van der Waals surface area contributed by atoms with Gasteiger partial charge >= 0.3 is 0 Å². The first-order valence-corrected chi connectivity index (χ1v) is 10.0. The molecule has 0 saturated heterocycles. The molecule has 0 atom stereocenters. The average molecular weight is 351 g/mol. The molecule has 138 valence electrons. The Kier molecular flexibility index (Phi) is 7.57. The van der Waals surface area contributed by atoms with E-state index in [1.165, 1.54) is 44.9 Å². The summed E-state index contributed by atoms with van der Waals surface area (Å²) in [7, 11) is 0. The Hall–Kier alpha value is -2.29. The van der Waals surface area contributed by atoms with Gasteiger partial charge in [-0.1, -0.05) is 68.9 Å². The summed E-state index contributed by atoms with van der Waals surface area (Å²) in [5, 5.41) is 0. The van der Waals surface area contributed by atoms with Crippen LogP contribution in [0.4, 0.5) is 0 Å². The van der Waals surface area contributed by atoms with Crippen molar-refractivity contribution in [1.82, 2.24) is 9.97 Å². The number of rotatable bonds is 12. The van der Waals surface area contributed by atoms with Gasteiger partial charge in [-0.15, -0.1) is 0 Å². The number of nitrogens with one attached hydrogen (secondary N) is 1. The van der Waals surface area contributed by atoms with Crippen molar-refractivity contribution in [3.63, 3.8) is 0 Å². The number of hydrogen-bond donors (Lipinski definition) is 1. The first-order chi connectivity index (χ1) is 12.9. The molecular weight excluding hydrogens is 320 g/mol. The van der Waals surface area contributed by atoms with Crippen molar-refractivity contribution in [1.29, 1.82) is 0 Å². The summed E-state index contributed by atoms with van der Waals surface area (Å²) in [6.07, 6.45) is 11.4. The van der Waals surface area contributed by atoms with E-state index in [0.717, 1.165) is 42.1 Å². The van der Waals surface area contributed by atoms with Crippen LogP contribution in [0.5, 0.6) is 5.75 Å². The van der Waals surface area contributed by atoms with Crippen molar-refractivity contribution in [2.45, 2.75) is 57.8 Å². The zero-order valence-corrected chi connectivity index (χ0v) is 15.6. The van der Waals surface area contributed by atoms with Crippen LogP contribution in [0.25, 0.3) is 11.0 Å². The van der Waals surface area contributed by atoms with E-state index in [9.17, 15) is 0 Å². The first-order valence-electron chi connectivity index (χ1n) is 10.0. The summed E-state index contributed by atoms with van der Waals surface area (Å²) in [6.45, 7) is 0.835. The van der Waals surface area contributed by atoms with Gasteiger partial charge in [0.25, 0.3) is 0 Å². The van der Waals surface area contributed by atoms with Gasteiger partial charge in [0.1, 0.15) is 11.6 Å². The molecule has 3 rings (SSSR count). The molecule has 3 heteroatoms.